The molecule has 0 aliphatic carbocycles. The Labute approximate surface area is 456 Å². The van der Waals surface area contributed by atoms with Gasteiger partial charge in [-0.3, -0.25) is 39.4 Å². The number of aromatic nitrogens is 4. The number of aromatic amines is 1. The summed E-state index contributed by atoms with van der Waals surface area (Å²) in [6, 6.07) is 23.6. The van der Waals surface area contributed by atoms with Crippen LogP contribution in [0.3, 0.4) is 0 Å². The van der Waals surface area contributed by atoms with Gasteiger partial charge in [0.15, 0.2) is 11.6 Å². The SMILES string of the molecule is C[C@@H](NC(=O)c1cccc(NC2(c3nc(-c4ccncc4)n[nH]3)CCN(C)CC2)c1)c1ccc(OCCCCCCOCCOCCOCCCCCC(=O)Nc2cccc3c2CN(C2CCC(=O)NC2=O)C3=O)cc1.Cl. The van der Waals surface area contributed by atoms with Crippen LogP contribution >= 0.6 is 12.4 Å². The number of nitrogens with zero attached hydrogens (tertiary/aromatic N) is 5. The van der Waals surface area contributed by atoms with Crippen molar-refractivity contribution in [1.29, 1.82) is 0 Å². The fourth-order valence-corrected chi connectivity index (χ4v) is 9.73. The van der Waals surface area contributed by atoms with Crippen LogP contribution in [0.1, 0.15) is 128 Å². The van der Waals surface area contributed by atoms with Crippen molar-refractivity contribution in [3.05, 3.63) is 119 Å². The minimum atomic E-state index is -0.705. The maximum absolute atomic E-state index is 13.5. The first-order valence-corrected chi connectivity index (χ1v) is 26.8. The Morgan fingerprint density at radius 3 is 2.19 bits per heavy atom. The van der Waals surface area contributed by atoms with Crippen molar-refractivity contribution in [2.45, 2.75) is 108 Å². The molecule has 412 valence electrons. The standard InChI is InChI=1S/C57H72N10O9.ClH/c1-40(59-53(70)43-12-10-13-44(38-43)63-57(25-29-66(2)30-26-57)56-62-52(64-65-56)42-23-27-58-28-24-42)41-17-19-45(20-18-41)76-33-9-4-3-7-31-73-34-36-75-37-35-74-32-8-5-6-16-50(68)60-48-15-11-14-46-47(48)39-67(55(46)72)49-21-22-51(69)61-54(49)71;/h10-15,17-20,23-24,27-28,38,40,49,63H,3-9,16,21-22,25-26,29-37,39H2,1-2H3,(H,59,70)(H,60,68)(H,61,69,71)(H,62,64,65);1H/t40-,49?;/m1./s1. The van der Waals surface area contributed by atoms with Gasteiger partial charge in [0.25, 0.3) is 11.8 Å². The molecule has 5 N–H and O–H groups in total. The van der Waals surface area contributed by atoms with Gasteiger partial charge in [-0.1, -0.05) is 37.1 Å². The third kappa shape index (κ3) is 16.4. The van der Waals surface area contributed by atoms with Crippen molar-refractivity contribution in [2.75, 3.05) is 77.0 Å². The number of halogens is 1. The number of ether oxygens (including phenoxy) is 4. The van der Waals surface area contributed by atoms with Crippen LogP contribution in [-0.4, -0.2) is 132 Å². The molecule has 0 saturated carbocycles. The van der Waals surface area contributed by atoms with Gasteiger partial charge in [0.2, 0.25) is 17.7 Å². The number of pyridine rings is 1. The largest absolute Gasteiger partial charge is 0.494 e. The Bertz CT molecular complexity index is 2720. The highest BCUT2D eigenvalue weighted by Crippen LogP contribution is 2.36. The average Bonchev–Trinajstić information content (AvgIpc) is 4.07. The zero-order chi connectivity index (χ0) is 53.1. The van der Waals surface area contributed by atoms with Crippen LogP contribution in [0, 0.1) is 0 Å². The number of unbranched alkanes of at least 4 members (excludes halogenated alkanes) is 5. The van der Waals surface area contributed by atoms with Crippen LogP contribution in [-0.2, 0) is 40.7 Å². The zero-order valence-corrected chi connectivity index (χ0v) is 45.0. The molecule has 2 aromatic heterocycles. The van der Waals surface area contributed by atoms with E-state index in [0.717, 1.165) is 92.8 Å². The maximum Gasteiger partial charge on any atom is 0.255 e. The molecular weight excluding hydrogens is 1000 g/mol. The molecule has 2 fully saturated rings. The van der Waals surface area contributed by atoms with E-state index in [2.05, 4.69) is 48.4 Å². The summed E-state index contributed by atoms with van der Waals surface area (Å²) in [4.78, 5) is 76.1. The molecule has 2 saturated heterocycles. The van der Waals surface area contributed by atoms with E-state index in [1.165, 1.54) is 4.90 Å². The van der Waals surface area contributed by atoms with Crippen LogP contribution in [0.4, 0.5) is 11.4 Å². The second kappa shape index (κ2) is 29.1. The number of hydrogen-bond acceptors (Lipinski definition) is 14. The topological polar surface area (TPSA) is 231 Å². The Hall–Kier alpha value is -6.77. The average molecular weight is 1080 g/mol. The lowest BCUT2D eigenvalue weighted by Crippen LogP contribution is -2.52. The minimum absolute atomic E-state index is 0. The van der Waals surface area contributed by atoms with E-state index >= 15 is 0 Å². The summed E-state index contributed by atoms with van der Waals surface area (Å²) < 4.78 is 23.1. The van der Waals surface area contributed by atoms with E-state index < -0.39 is 17.5 Å². The Morgan fingerprint density at radius 2 is 1.48 bits per heavy atom. The number of hydrogen-bond donors (Lipinski definition) is 5. The van der Waals surface area contributed by atoms with Gasteiger partial charge in [0.1, 0.15) is 11.8 Å². The predicted molar refractivity (Wildman–Crippen MR) is 294 cm³/mol. The quantitative estimate of drug-likeness (QED) is 0.0228. The molecule has 19 nitrogen and oxygen atoms in total. The predicted octanol–water partition coefficient (Wildman–Crippen LogP) is 7.76. The molecule has 20 heteroatoms. The van der Waals surface area contributed by atoms with Gasteiger partial charge >= 0.3 is 0 Å². The summed E-state index contributed by atoms with van der Waals surface area (Å²) in [6.45, 7) is 7.89. The maximum atomic E-state index is 13.5. The van der Waals surface area contributed by atoms with Crippen LogP contribution < -0.4 is 26.0 Å². The Balaban J connectivity index is 0.00000861. The second-order valence-corrected chi connectivity index (χ2v) is 19.8. The van der Waals surface area contributed by atoms with E-state index in [4.69, 9.17) is 23.9 Å². The fourth-order valence-electron chi connectivity index (χ4n) is 9.73. The summed E-state index contributed by atoms with van der Waals surface area (Å²) in [5.41, 5.74) is 4.54. The number of fused-ring (bicyclic) bond motifs is 1. The van der Waals surface area contributed by atoms with Gasteiger partial charge in [-0.05, 0) is 125 Å². The summed E-state index contributed by atoms with van der Waals surface area (Å²) in [5, 5.41) is 19.9. The van der Waals surface area contributed by atoms with Crippen molar-refractivity contribution in [1.82, 2.24) is 40.6 Å². The highest BCUT2D eigenvalue weighted by molar-refractivity contribution is 6.07. The Morgan fingerprint density at radius 1 is 0.805 bits per heavy atom. The second-order valence-electron chi connectivity index (χ2n) is 19.8. The number of H-pyrrole nitrogens is 1. The van der Waals surface area contributed by atoms with Crippen LogP contribution in [0.2, 0.25) is 0 Å². The van der Waals surface area contributed by atoms with Crippen molar-refractivity contribution in [3.8, 4) is 17.1 Å². The highest BCUT2D eigenvalue weighted by atomic mass is 35.5. The number of piperidine rings is 2. The van der Waals surface area contributed by atoms with Crippen molar-refractivity contribution < 1.29 is 42.9 Å². The normalized spacial score (nSPS) is 16.5. The molecule has 5 heterocycles. The van der Waals surface area contributed by atoms with Crippen molar-refractivity contribution in [3.63, 3.8) is 0 Å². The number of amides is 5. The smallest absolute Gasteiger partial charge is 0.255 e. The Kier molecular flexibility index (Phi) is 21.9. The van der Waals surface area contributed by atoms with Crippen molar-refractivity contribution in [2.24, 2.45) is 0 Å². The molecule has 3 aliphatic heterocycles. The molecule has 2 atom stereocenters. The first-order chi connectivity index (χ1) is 37.0. The van der Waals surface area contributed by atoms with Gasteiger partial charge in [-0.2, -0.15) is 5.10 Å². The van der Waals surface area contributed by atoms with Gasteiger partial charge in [-0.15, -0.1) is 12.4 Å². The fraction of sp³-hybridized carbons (Fsp3) is 0.474. The number of likely N-dealkylation sites (tertiary alicyclic amines) is 1. The molecule has 0 spiro atoms. The van der Waals surface area contributed by atoms with E-state index in [1.807, 2.05) is 67.6 Å². The van der Waals surface area contributed by atoms with E-state index in [-0.39, 0.29) is 61.5 Å². The number of imide groups is 1. The van der Waals surface area contributed by atoms with Gasteiger partial charge in [0, 0.05) is 91.7 Å². The summed E-state index contributed by atoms with van der Waals surface area (Å²) in [5.74, 6) is 0.839. The highest BCUT2D eigenvalue weighted by Gasteiger charge is 2.41. The number of anilines is 2. The molecule has 0 bridgehead atoms. The number of nitrogens with one attached hydrogen (secondary N) is 5. The monoisotopic (exact) mass is 1080 g/mol. The van der Waals surface area contributed by atoms with Crippen LogP contribution in [0.15, 0.2) is 91.3 Å². The lowest BCUT2D eigenvalue weighted by molar-refractivity contribution is -0.137. The van der Waals surface area contributed by atoms with Crippen LogP contribution in [0.25, 0.3) is 11.4 Å². The molecule has 1 unspecified atom stereocenters. The molecule has 5 aromatic rings. The minimum Gasteiger partial charge on any atom is -0.494 e. The van der Waals surface area contributed by atoms with Gasteiger partial charge in [0.05, 0.1) is 44.6 Å². The lowest BCUT2D eigenvalue weighted by atomic mass is 9.86. The molecule has 3 aromatic carbocycles. The zero-order valence-electron chi connectivity index (χ0n) is 44.2. The number of rotatable bonds is 29. The molecule has 8 rings (SSSR count). The summed E-state index contributed by atoms with van der Waals surface area (Å²) in [7, 11) is 2.12. The molecule has 77 heavy (non-hydrogen) atoms. The third-order valence-corrected chi connectivity index (χ3v) is 14.2. The lowest BCUT2D eigenvalue weighted by Gasteiger charge is -2.40. The molecular formula is C57H73ClN10O9. The van der Waals surface area contributed by atoms with Crippen molar-refractivity contribution >= 4 is 53.3 Å². The van der Waals surface area contributed by atoms with Crippen LogP contribution in [0.5, 0.6) is 5.75 Å². The van der Waals surface area contributed by atoms with Gasteiger partial charge in [-0.25, -0.2) is 4.98 Å². The van der Waals surface area contributed by atoms with E-state index in [1.54, 1.807) is 30.6 Å². The number of benzene rings is 3. The third-order valence-electron chi connectivity index (χ3n) is 14.2. The molecule has 5 amide bonds. The first-order valence-electron chi connectivity index (χ1n) is 26.8. The number of carbonyl (C=O) groups is 5. The molecule has 3 aliphatic rings. The summed E-state index contributed by atoms with van der Waals surface area (Å²) >= 11 is 0. The summed E-state index contributed by atoms with van der Waals surface area (Å²) in [6.07, 6.45) is 12.3. The first kappa shape index (κ1) is 57.9. The van der Waals surface area contributed by atoms with E-state index in [0.29, 0.717) is 87.3 Å². The number of carbonyl (C=O) groups excluding carboxylic acids is 5. The molecule has 0 radical (unpaired) electrons. The van der Waals surface area contributed by atoms with Gasteiger partial charge < -0.3 is 44.7 Å². The van der Waals surface area contributed by atoms with E-state index in [9.17, 15) is 24.0 Å².